The number of carboxylic acid groups (broad SMARTS) is 1. The van der Waals surface area contributed by atoms with Crippen LogP contribution in [0.25, 0.3) is 10.9 Å². The third-order valence-electron chi connectivity index (χ3n) is 4.59. The molecule has 1 aromatic heterocycles. The van der Waals surface area contributed by atoms with Crippen LogP contribution in [0.15, 0.2) is 65.7 Å². The number of aliphatic carboxylic acids is 1. The summed E-state index contributed by atoms with van der Waals surface area (Å²) in [5, 5.41) is 12.6. The zero-order chi connectivity index (χ0) is 20.8. The topological polar surface area (TPSA) is 101 Å². The number of benzene rings is 2. The number of carbonyl (C=O) groups is 2. The van der Waals surface area contributed by atoms with Crippen molar-refractivity contribution in [2.45, 2.75) is 18.5 Å². The van der Waals surface area contributed by atoms with Crippen LogP contribution in [0.3, 0.4) is 0 Å². The molecule has 8 heteroatoms. The average molecular weight is 411 g/mol. The molecule has 1 heterocycles. The number of rotatable bonds is 8. The van der Waals surface area contributed by atoms with Gasteiger partial charge in [0.25, 0.3) is 5.56 Å². The van der Waals surface area contributed by atoms with Crippen molar-refractivity contribution in [1.29, 1.82) is 0 Å². The van der Waals surface area contributed by atoms with Crippen molar-refractivity contribution in [3.8, 4) is 0 Å². The van der Waals surface area contributed by atoms with E-state index in [1.54, 1.807) is 66.4 Å². The average Bonchev–Trinajstić information content (AvgIpc) is 2.74. The lowest BCUT2D eigenvalue weighted by molar-refractivity contribution is -0.142. The SMILES string of the molecule is CSCCC(C(=O)NC(C(=O)O)c1ccccc1)n1cnc2ccccc2c1=O. The minimum atomic E-state index is -1.20. The predicted molar refractivity (Wildman–Crippen MR) is 113 cm³/mol. The van der Waals surface area contributed by atoms with Crippen LogP contribution in [0.2, 0.25) is 0 Å². The number of hydrogen-bond acceptors (Lipinski definition) is 5. The van der Waals surface area contributed by atoms with Crippen LogP contribution in [-0.4, -0.2) is 38.5 Å². The van der Waals surface area contributed by atoms with E-state index in [0.29, 0.717) is 28.6 Å². The Hall–Kier alpha value is -3.13. The molecule has 1 amide bonds. The summed E-state index contributed by atoms with van der Waals surface area (Å²) in [6, 6.07) is 13.3. The van der Waals surface area contributed by atoms with Crippen molar-refractivity contribution in [1.82, 2.24) is 14.9 Å². The molecule has 0 aliphatic rings. The van der Waals surface area contributed by atoms with Gasteiger partial charge in [0.1, 0.15) is 6.04 Å². The molecule has 2 unspecified atom stereocenters. The number of carbonyl (C=O) groups excluding carboxylic acids is 1. The Morgan fingerprint density at radius 3 is 2.52 bits per heavy atom. The lowest BCUT2D eigenvalue weighted by Gasteiger charge is -2.22. The molecular weight excluding hydrogens is 390 g/mol. The van der Waals surface area contributed by atoms with E-state index in [4.69, 9.17) is 0 Å². The first-order valence-electron chi connectivity index (χ1n) is 9.06. The lowest BCUT2D eigenvalue weighted by atomic mass is 10.1. The Kier molecular flexibility index (Phi) is 6.66. The Balaban J connectivity index is 1.96. The molecular formula is C21H21N3O4S. The number of nitrogens with zero attached hydrogens (tertiary/aromatic N) is 2. The van der Waals surface area contributed by atoms with Crippen molar-refractivity contribution in [2.75, 3.05) is 12.0 Å². The standard InChI is InChI=1S/C21H21N3O4S/c1-29-12-11-17(24-13-22-16-10-6-5-9-15(16)20(24)26)19(25)23-18(21(27)28)14-7-3-2-4-8-14/h2-10,13,17-18H,11-12H2,1H3,(H,23,25)(H,27,28). The predicted octanol–water partition coefficient (Wildman–Crippen LogP) is 2.63. The fourth-order valence-electron chi connectivity index (χ4n) is 3.10. The van der Waals surface area contributed by atoms with Gasteiger partial charge in [-0.1, -0.05) is 42.5 Å². The third-order valence-corrected chi connectivity index (χ3v) is 5.23. The molecule has 0 saturated carbocycles. The summed E-state index contributed by atoms with van der Waals surface area (Å²) in [5.41, 5.74) is 0.676. The highest BCUT2D eigenvalue weighted by atomic mass is 32.2. The third kappa shape index (κ3) is 4.65. The normalized spacial score (nSPS) is 13.0. The van der Waals surface area contributed by atoms with Gasteiger partial charge in [-0.3, -0.25) is 14.2 Å². The maximum atomic E-state index is 13.1. The van der Waals surface area contributed by atoms with Crippen LogP contribution < -0.4 is 10.9 Å². The quantitative estimate of drug-likeness (QED) is 0.591. The van der Waals surface area contributed by atoms with Crippen LogP contribution in [0.5, 0.6) is 0 Å². The van der Waals surface area contributed by atoms with Crippen molar-refractivity contribution in [3.63, 3.8) is 0 Å². The highest BCUT2D eigenvalue weighted by molar-refractivity contribution is 7.98. The van der Waals surface area contributed by atoms with Gasteiger partial charge in [0.2, 0.25) is 5.91 Å². The lowest BCUT2D eigenvalue weighted by Crippen LogP contribution is -2.41. The number of thioether (sulfide) groups is 1. The summed E-state index contributed by atoms with van der Waals surface area (Å²) < 4.78 is 1.29. The van der Waals surface area contributed by atoms with Crippen LogP contribution in [0.1, 0.15) is 24.1 Å². The zero-order valence-corrected chi connectivity index (χ0v) is 16.6. The Bertz CT molecular complexity index is 1070. The van der Waals surface area contributed by atoms with Crippen LogP contribution in [0.4, 0.5) is 0 Å². The maximum absolute atomic E-state index is 13.1. The second kappa shape index (κ2) is 9.38. The molecule has 150 valence electrons. The molecule has 0 bridgehead atoms. The van der Waals surface area contributed by atoms with Gasteiger partial charge in [-0.05, 0) is 36.1 Å². The molecule has 0 saturated heterocycles. The molecule has 3 aromatic rings. The molecule has 7 nitrogen and oxygen atoms in total. The van der Waals surface area contributed by atoms with Crippen molar-refractivity contribution >= 4 is 34.5 Å². The molecule has 0 radical (unpaired) electrons. The number of aromatic nitrogens is 2. The summed E-state index contributed by atoms with van der Waals surface area (Å²) >= 11 is 1.54. The van der Waals surface area contributed by atoms with E-state index >= 15 is 0 Å². The van der Waals surface area contributed by atoms with Gasteiger partial charge in [0.15, 0.2) is 6.04 Å². The minimum Gasteiger partial charge on any atom is -0.479 e. The van der Waals surface area contributed by atoms with Gasteiger partial charge in [0.05, 0.1) is 17.2 Å². The summed E-state index contributed by atoms with van der Waals surface area (Å²) in [6.45, 7) is 0. The van der Waals surface area contributed by atoms with E-state index in [0.717, 1.165) is 0 Å². The van der Waals surface area contributed by atoms with Crippen LogP contribution >= 0.6 is 11.8 Å². The number of nitrogens with one attached hydrogen (secondary N) is 1. The summed E-state index contributed by atoms with van der Waals surface area (Å²) in [4.78, 5) is 42.0. The largest absolute Gasteiger partial charge is 0.479 e. The molecule has 0 aliphatic carbocycles. The Labute approximate surface area is 171 Å². The van der Waals surface area contributed by atoms with Gasteiger partial charge >= 0.3 is 5.97 Å². The molecule has 0 aliphatic heterocycles. The van der Waals surface area contributed by atoms with Crippen molar-refractivity contribution in [2.24, 2.45) is 0 Å². The van der Waals surface area contributed by atoms with Gasteiger partial charge < -0.3 is 10.4 Å². The molecule has 3 rings (SSSR count). The summed E-state index contributed by atoms with van der Waals surface area (Å²) in [7, 11) is 0. The van der Waals surface area contributed by atoms with Gasteiger partial charge in [-0.2, -0.15) is 11.8 Å². The highest BCUT2D eigenvalue weighted by Crippen LogP contribution is 2.18. The number of fused-ring (bicyclic) bond motifs is 1. The second-order valence-electron chi connectivity index (χ2n) is 6.46. The summed E-state index contributed by atoms with van der Waals surface area (Å²) in [6.07, 6.45) is 3.63. The first-order chi connectivity index (χ1) is 14.0. The van der Waals surface area contributed by atoms with Gasteiger partial charge in [-0.15, -0.1) is 0 Å². The smallest absolute Gasteiger partial charge is 0.330 e. The highest BCUT2D eigenvalue weighted by Gasteiger charge is 2.28. The van der Waals surface area contributed by atoms with E-state index in [9.17, 15) is 19.5 Å². The number of amides is 1. The maximum Gasteiger partial charge on any atom is 0.330 e. The van der Waals surface area contributed by atoms with E-state index in [1.807, 2.05) is 6.26 Å². The van der Waals surface area contributed by atoms with E-state index < -0.39 is 24.0 Å². The number of hydrogen-bond donors (Lipinski definition) is 2. The molecule has 29 heavy (non-hydrogen) atoms. The Morgan fingerprint density at radius 1 is 1.14 bits per heavy atom. The van der Waals surface area contributed by atoms with Crippen molar-refractivity contribution < 1.29 is 14.7 Å². The van der Waals surface area contributed by atoms with Gasteiger partial charge in [0, 0.05) is 0 Å². The van der Waals surface area contributed by atoms with E-state index in [2.05, 4.69) is 10.3 Å². The van der Waals surface area contributed by atoms with Gasteiger partial charge in [-0.25, -0.2) is 9.78 Å². The number of para-hydroxylation sites is 1. The zero-order valence-electron chi connectivity index (χ0n) is 15.8. The van der Waals surface area contributed by atoms with Crippen molar-refractivity contribution in [3.05, 3.63) is 76.8 Å². The van der Waals surface area contributed by atoms with Crippen LogP contribution in [0, 0.1) is 0 Å². The minimum absolute atomic E-state index is 0.330. The first kappa shape index (κ1) is 20.6. The second-order valence-corrected chi connectivity index (χ2v) is 7.45. The Morgan fingerprint density at radius 2 is 1.83 bits per heavy atom. The number of carboxylic acids is 1. The monoisotopic (exact) mass is 411 g/mol. The molecule has 2 atom stereocenters. The fraction of sp³-hybridized carbons (Fsp3) is 0.238. The first-order valence-corrected chi connectivity index (χ1v) is 10.4. The molecule has 0 fully saturated rings. The van der Waals surface area contributed by atoms with E-state index in [-0.39, 0.29) is 5.56 Å². The molecule has 2 aromatic carbocycles. The molecule has 2 N–H and O–H groups in total. The van der Waals surface area contributed by atoms with E-state index in [1.165, 1.54) is 10.9 Å². The fourth-order valence-corrected chi connectivity index (χ4v) is 3.56. The molecule has 0 spiro atoms. The summed E-state index contributed by atoms with van der Waals surface area (Å²) in [5.74, 6) is -1.08. The van der Waals surface area contributed by atoms with Crippen LogP contribution in [-0.2, 0) is 9.59 Å².